The lowest BCUT2D eigenvalue weighted by Crippen LogP contribution is -1.99. The molecule has 5 nitrogen and oxygen atoms in total. The van der Waals surface area contributed by atoms with Crippen molar-refractivity contribution in [1.82, 2.24) is 9.97 Å². The number of H-pyrrole nitrogens is 1. The van der Waals surface area contributed by atoms with E-state index in [9.17, 15) is 13.0 Å². The van der Waals surface area contributed by atoms with Gasteiger partial charge in [-0.15, -0.1) is 12.4 Å². The molecule has 94 valence electrons. The highest BCUT2D eigenvalue weighted by atomic mass is 35.5. The summed E-state index contributed by atoms with van der Waals surface area (Å²) in [5.74, 6) is 0. The Morgan fingerprint density at radius 1 is 1.17 bits per heavy atom. The predicted octanol–water partition coefficient (Wildman–Crippen LogP) is 2.38. The Morgan fingerprint density at radius 3 is 2.50 bits per heavy atom. The van der Waals surface area contributed by atoms with Crippen LogP contribution in [0.3, 0.4) is 0 Å². The lowest BCUT2D eigenvalue weighted by atomic mass is 10.1. The van der Waals surface area contributed by atoms with E-state index in [1.54, 1.807) is 24.3 Å². The summed E-state index contributed by atoms with van der Waals surface area (Å²) in [6.07, 6.45) is 1.49. The van der Waals surface area contributed by atoms with Gasteiger partial charge in [0.25, 0.3) is 10.1 Å². The van der Waals surface area contributed by atoms with E-state index in [4.69, 9.17) is 0 Å². The minimum absolute atomic E-state index is 0. The van der Waals surface area contributed by atoms with Gasteiger partial charge in [-0.05, 0) is 6.07 Å². The molecule has 2 N–H and O–H groups in total. The third-order valence-corrected chi connectivity index (χ3v) is 3.56. The summed E-state index contributed by atoms with van der Waals surface area (Å²) < 4.78 is 31.9. The summed E-state index contributed by atoms with van der Waals surface area (Å²) in [4.78, 5) is 6.87. The average molecular weight is 285 g/mol. The largest absolute Gasteiger partial charge is 0.345 e. The number of imidazole rings is 1. The van der Waals surface area contributed by atoms with E-state index in [-0.39, 0.29) is 17.3 Å². The molecule has 0 fully saturated rings. The molecule has 0 atom stereocenters. The lowest BCUT2D eigenvalue weighted by molar-refractivity contribution is 0.484. The van der Waals surface area contributed by atoms with Gasteiger partial charge in [-0.25, -0.2) is 4.98 Å². The maximum atomic E-state index is 11.3. The molecule has 0 saturated carbocycles. The third kappa shape index (κ3) is 1.84. The number of benzene rings is 2. The summed E-state index contributed by atoms with van der Waals surface area (Å²) in [7, 11) is -4.25. The van der Waals surface area contributed by atoms with Crippen LogP contribution in [0.1, 0.15) is 0 Å². The zero-order valence-electron chi connectivity index (χ0n) is 8.99. The van der Waals surface area contributed by atoms with Crippen molar-refractivity contribution in [3.8, 4) is 0 Å². The van der Waals surface area contributed by atoms with E-state index in [0.29, 0.717) is 21.8 Å². The van der Waals surface area contributed by atoms with Gasteiger partial charge in [0.15, 0.2) is 0 Å². The molecule has 0 aliphatic carbocycles. The van der Waals surface area contributed by atoms with Crippen molar-refractivity contribution in [2.45, 2.75) is 4.90 Å². The number of hydrogen-bond donors (Lipinski definition) is 2. The number of aromatic amines is 1. The maximum absolute atomic E-state index is 11.3. The highest BCUT2D eigenvalue weighted by Gasteiger charge is 2.16. The highest BCUT2D eigenvalue weighted by molar-refractivity contribution is 7.86. The van der Waals surface area contributed by atoms with Gasteiger partial charge in [-0.3, -0.25) is 4.55 Å². The van der Waals surface area contributed by atoms with Crippen LogP contribution in [0.25, 0.3) is 21.8 Å². The normalized spacial score (nSPS) is 11.6. The lowest BCUT2D eigenvalue weighted by Gasteiger charge is -2.04. The number of halogens is 1. The summed E-state index contributed by atoms with van der Waals surface area (Å²) in [6, 6.07) is 8.32. The van der Waals surface area contributed by atoms with Crippen molar-refractivity contribution in [2.24, 2.45) is 0 Å². The molecular formula is C11H9ClN2O3S. The zero-order chi connectivity index (χ0) is 12.0. The third-order valence-electron chi connectivity index (χ3n) is 2.67. The number of nitrogens with one attached hydrogen (secondary N) is 1. The van der Waals surface area contributed by atoms with Crippen LogP contribution in [-0.4, -0.2) is 22.9 Å². The number of rotatable bonds is 1. The van der Waals surface area contributed by atoms with E-state index >= 15 is 0 Å². The van der Waals surface area contributed by atoms with E-state index in [1.165, 1.54) is 12.4 Å². The van der Waals surface area contributed by atoms with Crippen molar-refractivity contribution in [3.05, 3.63) is 36.7 Å². The molecule has 0 aliphatic rings. The highest BCUT2D eigenvalue weighted by Crippen LogP contribution is 2.29. The fourth-order valence-electron chi connectivity index (χ4n) is 1.96. The maximum Gasteiger partial charge on any atom is 0.295 e. The van der Waals surface area contributed by atoms with Crippen LogP contribution in [-0.2, 0) is 10.1 Å². The first-order chi connectivity index (χ1) is 8.07. The molecule has 3 aromatic rings. The molecule has 0 aliphatic heterocycles. The molecule has 1 heterocycles. The molecule has 0 saturated heterocycles. The first-order valence-electron chi connectivity index (χ1n) is 4.90. The van der Waals surface area contributed by atoms with Gasteiger partial charge in [0.05, 0.1) is 17.4 Å². The predicted molar refractivity (Wildman–Crippen MR) is 70.7 cm³/mol. The van der Waals surface area contributed by atoms with Crippen molar-refractivity contribution in [3.63, 3.8) is 0 Å². The quantitative estimate of drug-likeness (QED) is 0.672. The smallest absolute Gasteiger partial charge is 0.295 e. The molecule has 3 rings (SSSR count). The Balaban J connectivity index is 0.00000120. The van der Waals surface area contributed by atoms with Gasteiger partial charge in [0.1, 0.15) is 4.90 Å². The molecule has 0 radical (unpaired) electrons. The van der Waals surface area contributed by atoms with Crippen molar-refractivity contribution >= 4 is 44.3 Å². The summed E-state index contributed by atoms with van der Waals surface area (Å²) >= 11 is 0. The zero-order valence-corrected chi connectivity index (χ0v) is 10.6. The van der Waals surface area contributed by atoms with Gasteiger partial charge in [0.2, 0.25) is 0 Å². The molecular weight excluding hydrogens is 276 g/mol. The summed E-state index contributed by atoms with van der Waals surface area (Å²) in [5, 5.41) is 1.16. The van der Waals surface area contributed by atoms with Crippen LogP contribution < -0.4 is 0 Å². The summed E-state index contributed by atoms with van der Waals surface area (Å²) in [6.45, 7) is 0. The first-order valence-corrected chi connectivity index (χ1v) is 6.34. The molecule has 0 amide bonds. The first kappa shape index (κ1) is 12.8. The molecule has 7 heteroatoms. The Hall–Kier alpha value is -1.63. The minimum Gasteiger partial charge on any atom is -0.345 e. The number of hydrogen-bond acceptors (Lipinski definition) is 3. The van der Waals surface area contributed by atoms with E-state index in [0.717, 1.165) is 0 Å². The van der Waals surface area contributed by atoms with Crippen LogP contribution in [0.15, 0.2) is 41.6 Å². The van der Waals surface area contributed by atoms with E-state index in [2.05, 4.69) is 9.97 Å². The molecule has 0 spiro atoms. The second-order valence-corrected chi connectivity index (χ2v) is 5.08. The van der Waals surface area contributed by atoms with Crippen molar-refractivity contribution < 1.29 is 13.0 Å². The molecule has 1 aromatic heterocycles. The fourth-order valence-corrected chi connectivity index (χ4v) is 2.68. The molecule has 18 heavy (non-hydrogen) atoms. The van der Waals surface area contributed by atoms with Gasteiger partial charge in [0, 0.05) is 10.8 Å². The van der Waals surface area contributed by atoms with E-state index < -0.39 is 10.1 Å². The topological polar surface area (TPSA) is 83.0 Å². The van der Waals surface area contributed by atoms with Crippen molar-refractivity contribution in [2.75, 3.05) is 0 Å². The second-order valence-electron chi connectivity index (χ2n) is 3.69. The van der Waals surface area contributed by atoms with Gasteiger partial charge < -0.3 is 4.98 Å². The Labute approximate surface area is 109 Å². The SMILES string of the molecule is Cl.O=S(=O)(O)c1cc2[nH]cnc2c2ccccc12. The Kier molecular flexibility index (Phi) is 3.02. The van der Waals surface area contributed by atoms with Gasteiger partial charge in [-0.1, -0.05) is 24.3 Å². The molecule has 2 aromatic carbocycles. The van der Waals surface area contributed by atoms with Crippen molar-refractivity contribution in [1.29, 1.82) is 0 Å². The Bertz CT molecular complexity index is 827. The Morgan fingerprint density at radius 2 is 1.83 bits per heavy atom. The fraction of sp³-hybridized carbons (Fsp3) is 0. The van der Waals surface area contributed by atoms with Crippen LogP contribution in [0.2, 0.25) is 0 Å². The molecule has 0 unspecified atom stereocenters. The van der Waals surface area contributed by atoms with Gasteiger partial charge in [-0.2, -0.15) is 8.42 Å². The van der Waals surface area contributed by atoms with Gasteiger partial charge >= 0.3 is 0 Å². The average Bonchev–Trinajstić information content (AvgIpc) is 2.74. The monoisotopic (exact) mass is 284 g/mol. The van der Waals surface area contributed by atoms with E-state index in [1.807, 2.05) is 0 Å². The number of aromatic nitrogens is 2. The second kappa shape index (κ2) is 4.24. The summed E-state index contributed by atoms with van der Waals surface area (Å²) in [5.41, 5.74) is 1.27. The molecule has 0 bridgehead atoms. The standard InChI is InChI=1S/C11H8N2O3S.ClH/c14-17(15,16)10-5-9-11(13-6-12-9)8-4-2-1-3-7(8)10;/h1-6H,(H,12,13)(H,14,15,16);1H. The van der Waals surface area contributed by atoms with Crippen LogP contribution in [0.5, 0.6) is 0 Å². The number of nitrogens with zero attached hydrogens (tertiary/aromatic N) is 1. The number of fused-ring (bicyclic) bond motifs is 3. The van der Waals surface area contributed by atoms with Crippen LogP contribution in [0.4, 0.5) is 0 Å². The van der Waals surface area contributed by atoms with Crippen LogP contribution >= 0.6 is 12.4 Å². The minimum atomic E-state index is -4.25. The van der Waals surface area contributed by atoms with Crippen LogP contribution in [0, 0.1) is 0 Å².